The molecule has 0 aliphatic heterocycles. The molecule has 1 radical (unpaired) electrons. The molecule has 0 bridgehead atoms. The van der Waals surface area contributed by atoms with Crippen LogP contribution in [0.5, 0.6) is 0 Å². The van der Waals surface area contributed by atoms with Crippen LogP contribution in [0.1, 0.15) is 6.92 Å². The molecule has 3 nitrogen and oxygen atoms in total. The van der Waals surface area contributed by atoms with Crippen molar-refractivity contribution in [3.8, 4) is 0 Å². The molecular weight excluding hydrogens is 124 g/mol. The van der Waals surface area contributed by atoms with E-state index in [1.54, 1.807) is 6.92 Å². The molecule has 0 unspecified atom stereocenters. The molecule has 0 fully saturated rings. The summed E-state index contributed by atoms with van der Waals surface area (Å²) in [7, 11) is 4.39. The largest absolute Gasteiger partial charge is 0.378 e. The molecule has 0 rings (SSSR count). The van der Waals surface area contributed by atoms with Crippen LogP contribution in [-0.2, 0) is 13.9 Å². The first-order chi connectivity index (χ1) is 3.68. The van der Waals surface area contributed by atoms with Crippen molar-refractivity contribution in [1.29, 1.82) is 0 Å². The van der Waals surface area contributed by atoms with Gasteiger partial charge in [-0.3, -0.25) is 0 Å². The molecule has 0 saturated heterocycles. The van der Waals surface area contributed by atoms with Crippen LogP contribution in [0.3, 0.4) is 0 Å². The fourth-order valence-electron chi connectivity index (χ4n) is 0.201. The second-order valence-corrected chi connectivity index (χ2v) is 1.70. The molecule has 0 N–H and O–H groups in total. The molecule has 0 atom stereocenters. The summed E-state index contributed by atoms with van der Waals surface area (Å²) in [5, 5.41) is 0. The number of ether oxygens (including phenoxy) is 2. The van der Waals surface area contributed by atoms with E-state index in [0.29, 0.717) is 0 Å². The van der Waals surface area contributed by atoms with Gasteiger partial charge < -0.3 is 13.9 Å². The maximum Gasteiger partial charge on any atom is 0.269 e. The lowest BCUT2D eigenvalue weighted by Crippen LogP contribution is -2.32. The van der Waals surface area contributed by atoms with E-state index >= 15 is 0 Å². The molecule has 0 aliphatic carbocycles. The second kappa shape index (κ2) is 3.19. The summed E-state index contributed by atoms with van der Waals surface area (Å²) in [6, 6.07) is 0. The summed E-state index contributed by atoms with van der Waals surface area (Å²) in [6.07, 6.45) is 0. The summed E-state index contributed by atoms with van der Waals surface area (Å²) >= 11 is 0. The summed E-state index contributed by atoms with van der Waals surface area (Å²) in [4.78, 5) is 0. The molecule has 0 spiro atoms. The maximum absolute atomic E-state index is 4.82. The van der Waals surface area contributed by atoms with Gasteiger partial charge in [0.25, 0.3) is 5.97 Å². The zero-order chi connectivity index (χ0) is 6.62. The first-order valence-electron chi connectivity index (χ1n) is 2.22. The number of methoxy groups -OCH3 is 2. The monoisotopic (exact) mass is 135 g/mol. The molecule has 8 heavy (non-hydrogen) atoms. The highest BCUT2D eigenvalue weighted by molar-refractivity contribution is 5.98. The van der Waals surface area contributed by atoms with E-state index < -0.39 is 5.97 Å². The van der Waals surface area contributed by atoms with Gasteiger partial charge in [-0.05, 0) is 0 Å². The van der Waals surface area contributed by atoms with E-state index in [2.05, 4.69) is 0 Å². The lowest BCUT2D eigenvalue weighted by atomic mass is 10.7. The first kappa shape index (κ1) is 8.10. The Kier molecular flexibility index (Phi) is 3.23. The molecule has 0 aromatic heterocycles. The summed E-state index contributed by atoms with van der Waals surface area (Å²) in [5.74, 6) is -0.863. The third-order valence-corrected chi connectivity index (χ3v) is 1.53. The van der Waals surface area contributed by atoms with Gasteiger partial charge >= 0.3 is 0 Å². The van der Waals surface area contributed by atoms with E-state index in [9.17, 15) is 0 Å². The zero-order valence-corrected chi connectivity index (χ0v) is 6.85. The highest BCUT2D eigenvalue weighted by atomic mass is 28.2. The standard InChI is InChI=1S/C4H11O3Si/c1-4(5-2,6-3)7-8/h8H2,1-3H3. The Bertz CT molecular complexity index is 54.0. The maximum atomic E-state index is 4.82. The highest BCUT2D eigenvalue weighted by Crippen LogP contribution is 2.07. The van der Waals surface area contributed by atoms with Gasteiger partial charge in [0.15, 0.2) is 10.5 Å². The highest BCUT2D eigenvalue weighted by Gasteiger charge is 2.19. The van der Waals surface area contributed by atoms with Crippen molar-refractivity contribution in [3.05, 3.63) is 0 Å². The van der Waals surface area contributed by atoms with Crippen molar-refractivity contribution < 1.29 is 13.9 Å². The van der Waals surface area contributed by atoms with Crippen molar-refractivity contribution in [2.75, 3.05) is 14.2 Å². The van der Waals surface area contributed by atoms with Crippen LogP contribution in [0.25, 0.3) is 0 Å². The second-order valence-electron chi connectivity index (χ2n) is 1.41. The Labute approximate surface area is 52.5 Å². The SMILES string of the molecule is COC(C)(OC)O[SiH2]. The van der Waals surface area contributed by atoms with Gasteiger partial charge in [-0.2, -0.15) is 0 Å². The quantitative estimate of drug-likeness (QED) is 0.386. The smallest absolute Gasteiger partial charge is 0.269 e. The minimum Gasteiger partial charge on any atom is -0.378 e. The predicted octanol–water partition coefficient (Wildman–Crippen LogP) is -0.482. The molecule has 0 saturated carbocycles. The van der Waals surface area contributed by atoms with Crippen LogP contribution >= 0.6 is 0 Å². The first-order valence-corrected chi connectivity index (χ1v) is 2.79. The molecule has 49 valence electrons. The Morgan fingerprint density at radius 2 is 1.62 bits per heavy atom. The summed E-state index contributed by atoms with van der Waals surface area (Å²) in [6.45, 7) is 1.69. The number of hydrogen-bond donors (Lipinski definition) is 0. The number of hydrogen-bond acceptors (Lipinski definition) is 3. The van der Waals surface area contributed by atoms with Gasteiger partial charge in [-0.1, -0.05) is 0 Å². The molecular formula is C4H11O3Si. The summed E-state index contributed by atoms with van der Waals surface area (Å²) < 4.78 is 14.4. The van der Waals surface area contributed by atoms with Gasteiger partial charge in [0.1, 0.15) is 0 Å². The van der Waals surface area contributed by atoms with E-state index in [1.165, 1.54) is 24.7 Å². The molecule has 0 aliphatic rings. The van der Waals surface area contributed by atoms with E-state index in [-0.39, 0.29) is 0 Å². The van der Waals surface area contributed by atoms with Gasteiger partial charge in [0.05, 0.1) is 0 Å². The van der Waals surface area contributed by atoms with Crippen molar-refractivity contribution in [3.63, 3.8) is 0 Å². The minimum absolute atomic E-state index is 0.863. The van der Waals surface area contributed by atoms with Gasteiger partial charge in [0, 0.05) is 21.1 Å². The van der Waals surface area contributed by atoms with Gasteiger partial charge in [-0.25, -0.2) is 0 Å². The van der Waals surface area contributed by atoms with Crippen molar-refractivity contribution in [2.24, 2.45) is 0 Å². The van der Waals surface area contributed by atoms with Gasteiger partial charge in [-0.15, -0.1) is 0 Å². The molecule has 0 amide bonds. The predicted molar refractivity (Wildman–Crippen MR) is 32.1 cm³/mol. The lowest BCUT2D eigenvalue weighted by Gasteiger charge is -2.23. The Hall–Kier alpha value is 0.0969. The van der Waals surface area contributed by atoms with Crippen molar-refractivity contribution >= 4 is 10.5 Å². The molecule has 0 aromatic carbocycles. The van der Waals surface area contributed by atoms with Crippen LogP contribution in [0.4, 0.5) is 0 Å². The average Bonchev–Trinajstić information content (AvgIpc) is 1.87. The van der Waals surface area contributed by atoms with Crippen LogP contribution in [-0.4, -0.2) is 30.7 Å². The lowest BCUT2D eigenvalue weighted by molar-refractivity contribution is -0.308. The van der Waals surface area contributed by atoms with E-state index in [4.69, 9.17) is 13.9 Å². The fraction of sp³-hybridized carbons (Fsp3) is 1.00. The minimum atomic E-state index is -0.863. The Morgan fingerprint density at radius 1 is 1.25 bits per heavy atom. The third-order valence-electron chi connectivity index (χ3n) is 1.00. The fourth-order valence-corrected chi connectivity index (χ4v) is 0.437. The van der Waals surface area contributed by atoms with Crippen molar-refractivity contribution in [1.82, 2.24) is 0 Å². The third kappa shape index (κ3) is 1.91. The number of rotatable bonds is 3. The summed E-state index contributed by atoms with van der Waals surface area (Å²) in [5.41, 5.74) is 0. The van der Waals surface area contributed by atoms with Crippen LogP contribution in [0, 0.1) is 0 Å². The van der Waals surface area contributed by atoms with E-state index in [1.807, 2.05) is 0 Å². The Morgan fingerprint density at radius 3 is 1.62 bits per heavy atom. The Balaban J connectivity index is 3.58. The normalized spacial score (nSPS) is 12.0. The molecule has 0 aromatic rings. The van der Waals surface area contributed by atoms with Gasteiger partial charge in [0.2, 0.25) is 0 Å². The topological polar surface area (TPSA) is 27.7 Å². The van der Waals surface area contributed by atoms with Crippen LogP contribution in [0.2, 0.25) is 0 Å². The van der Waals surface area contributed by atoms with E-state index in [0.717, 1.165) is 0 Å². The van der Waals surface area contributed by atoms with Crippen LogP contribution < -0.4 is 0 Å². The zero-order valence-electron chi connectivity index (χ0n) is 5.43. The molecule has 0 heterocycles. The molecule has 4 heteroatoms. The van der Waals surface area contributed by atoms with Crippen molar-refractivity contribution in [2.45, 2.75) is 12.9 Å². The average molecular weight is 135 g/mol. The van der Waals surface area contributed by atoms with Crippen LogP contribution in [0.15, 0.2) is 0 Å².